The van der Waals surface area contributed by atoms with Gasteiger partial charge in [0.2, 0.25) is 0 Å². The fourth-order valence-electron chi connectivity index (χ4n) is 0.721. The average molecular weight is 207 g/mol. The third-order valence-corrected chi connectivity index (χ3v) is 1.91. The van der Waals surface area contributed by atoms with E-state index in [0.717, 1.165) is 0 Å². The van der Waals surface area contributed by atoms with Crippen LogP contribution in [0.2, 0.25) is 5.31 Å². The summed E-state index contributed by atoms with van der Waals surface area (Å²) in [4.78, 5) is 0. The fourth-order valence-corrected chi connectivity index (χ4v) is 0.721. The predicted octanol–water partition coefficient (Wildman–Crippen LogP) is -0.643. The zero-order valence-corrected chi connectivity index (χ0v) is 11.0. The van der Waals surface area contributed by atoms with Crippen molar-refractivity contribution in [2.75, 3.05) is 6.54 Å². The van der Waals surface area contributed by atoms with Gasteiger partial charge in [-0.05, 0) is 13.0 Å². The molecule has 2 N–H and O–H groups in total. The van der Waals surface area contributed by atoms with Crippen LogP contribution in [0.3, 0.4) is 0 Å². The van der Waals surface area contributed by atoms with Gasteiger partial charge in [-0.1, -0.05) is 25.6 Å². The molecule has 0 atom stereocenters. The molecule has 0 saturated carbocycles. The van der Waals surface area contributed by atoms with Crippen LogP contribution in [0.1, 0.15) is 26.7 Å². The van der Waals surface area contributed by atoms with E-state index in [2.05, 4.69) is 0 Å². The molecule has 0 spiro atoms. The molecule has 12 heavy (non-hydrogen) atoms. The van der Waals surface area contributed by atoms with E-state index in [-0.39, 0.29) is 57.8 Å². The van der Waals surface area contributed by atoms with Gasteiger partial charge in [0.15, 0.2) is 0 Å². The van der Waals surface area contributed by atoms with E-state index < -0.39 is 12.3 Å². The Labute approximate surface area is 114 Å². The van der Waals surface area contributed by atoms with Gasteiger partial charge in [-0.25, -0.2) is 0 Å². The summed E-state index contributed by atoms with van der Waals surface area (Å²) < 4.78 is 36.5. The Morgan fingerprint density at radius 1 is 1.25 bits per heavy atom. The number of hydrogen-bond acceptors (Lipinski definition) is 1. The predicted molar refractivity (Wildman–Crippen MR) is 41.4 cm³/mol. The van der Waals surface area contributed by atoms with E-state index in [4.69, 9.17) is 5.73 Å². The Morgan fingerprint density at radius 2 is 1.67 bits per heavy atom. The summed E-state index contributed by atoms with van der Waals surface area (Å²) in [6, 6.07) is 0. The number of nitrogens with two attached hydrogens (primary N) is 1. The Morgan fingerprint density at radius 3 is 1.92 bits per heavy atom. The summed E-state index contributed by atoms with van der Waals surface area (Å²) in [7, 11) is 0. The summed E-state index contributed by atoms with van der Waals surface area (Å²) in [5.74, 6) is 0. The Kier molecular flexibility index (Phi) is 8.00. The standard InChI is InChI=1S/C6H14BF3N.K/c1-6(2,4-3-5-11)7(8,9)10;/h3-5,11H2,1-2H3;/q-1;+1. The molecule has 0 aliphatic rings. The number of halogens is 3. The van der Waals surface area contributed by atoms with Gasteiger partial charge in [-0.2, -0.15) is 0 Å². The zero-order chi connectivity index (χ0) is 9.12. The quantitative estimate of drug-likeness (QED) is 0.609. The van der Waals surface area contributed by atoms with Gasteiger partial charge in [-0.15, -0.1) is 0 Å². The molecule has 0 aromatic heterocycles. The van der Waals surface area contributed by atoms with Crippen LogP contribution in [-0.4, -0.2) is 13.5 Å². The van der Waals surface area contributed by atoms with Gasteiger partial charge in [0, 0.05) is 0 Å². The molecular weight excluding hydrogens is 193 g/mol. The van der Waals surface area contributed by atoms with Crippen molar-refractivity contribution in [1.29, 1.82) is 0 Å². The second-order valence-corrected chi connectivity index (χ2v) is 3.46. The van der Waals surface area contributed by atoms with Gasteiger partial charge in [0.05, 0.1) is 0 Å². The molecule has 0 saturated heterocycles. The molecule has 6 heteroatoms. The summed E-state index contributed by atoms with van der Waals surface area (Å²) in [5, 5.41) is -1.53. The summed E-state index contributed by atoms with van der Waals surface area (Å²) in [6.07, 6.45) is 0.571. The van der Waals surface area contributed by atoms with Crippen molar-refractivity contribution < 1.29 is 64.3 Å². The molecule has 1 nitrogen and oxygen atoms in total. The molecule has 0 aliphatic carbocycles. The zero-order valence-electron chi connectivity index (χ0n) is 7.91. The van der Waals surface area contributed by atoms with Crippen molar-refractivity contribution in [2.24, 2.45) is 5.73 Å². The van der Waals surface area contributed by atoms with Crippen LogP contribution in [-0.2, 0) is 0 Å². The Hall–Kier alpha value is 1.45. The number of rotatable bonds is 4. The molecule has 0 amide bonds. The van der Waals surface area contributed by atoms with E-state index in [1.807, 2.05) is 0 Å². The topological polar surface area (TPSA) is 26.0 Å². The van der Waals surface area contributed by atoms with E-state index in [1.165, 1.54) is 13.8 Å². The third-order valence-electron chi connectivity index (χ3n) is 1.91. The summed E-state index contributed by atoms with van der Waals surface area (Å²) in [5.41, 5.74) is 5.12. The maximum absolute atomic E-state index is 12.2. The second-order valence-electron chi connectivity index (χ2n) is 3.46. The van der Waals surface area contributed by atoms with Crippen LogP contribution in [0.5, 0.6) is 0 Å². The Bertz CT molecular complexity index is 126. The first kappa shape index (κ1) is 15.9. The molecule has 0 fully saturated rings. The summed E-state index contributed by atoms with van der Waals surface area (Å²) >= 11 is 0. The minimum Gasteiger partial charge on any atom is -0.449 e. The fraction of sp³-hybridized carbons (Fsp3) is 1.00. The molecule has 68 valence electrons. The Balaban J connectivity index is 0. The molecule has 0 unspecified atom stereocenters. The van der Waals surface area contributed by atoms with Gasteiger partial charge in [-0.3, -0.25) is 0 Å². The molecule has 0 aliphatic heterocycles. The largest absolute Gasteiger partial charge is 1.00 e. The SMILES string of the molecule is CC(C)(CCCN)[B-](F)(F)F.[K+]. The van der Waals surface area contributed by atoms with Crippen molar-refractivity contribution in [3.8, 4) is 0 Å². The maximum atomic E-state index is 12.2. The van der Waals surface area contributed by atoms with E-state index in [1.54, 1.807) is 0 Å². The monoisotopic (exact) mass is 207 g/mol. The van der Waals surface area contributed by atoms with Crippen LogP contribution in [0.4, 0.5) is 12.9 Å². The molecule has 0 heterocycles. The first-order valence-corrected chi connectivity index (χ1v) is 3.71. The third kappa shape index (κ3) is 5.24. The van der Waals surface area contributed by atoms with Gasteiger partial charge in [0.1, 0.15) is 0 Å². The van der Waals surface area contributed by atoms with Crippen molar-refractivity contribution in [2.45, 2.75) is 32.0 Å². The molecule has 0 bridgehead atoms. The van der Waals surface area contributed by atoms with Crippen LogP contribution in [0, 0.1) is 0 Å². The van der Waals surface area contributed by atoms with E-state index >= 15 is 0 Å². The second kappa shape index (κ2) is 6.03. The summed E-state index contributed by atoms with van der Waals surface area (Å²) in [6.45, 7) is -1.95. The van der Waals surface area contributed by atoms with Crippen LogP contribution in [0.25, 0.3) is 0 Å². The normalized spacial score (nSPS) is 12.5. The van der Waals surface area contributed by atoms with Crippen molar-refractivity contribution in [3.63, 3.8) is 0 Å². The molecule has 0 rings (SSSR count). The van der Waals surface area contributed by atoms with Gasteiger partial charge < -0.3 is 18.7 Å². The van der Waals surface area contributed by atoms with Crippen LogP contribution >= 0.6 is 0 Å². The average Bonchev–Trinajstić information content (AvgIpc) is 1.81. The maximum Gasteiger partial charge on any atom is 1.00 e. The smallest absolute Gasteiger partial charge is 0.449 e. The van der Waals surface area contributed by atoms with E-state index in [0.29, 0.717) is 13.0 Å². The van der Waals surface area contributed by atoms with Crippen molar-refractivity contribution >= 4 is 6.98 Å². The molecule has 0 aromatic carbocycles. The van der Waals surface area contributed by atoms with Gasteiger partial charge in [0.25, 0.3) is 0 Å². The van der Waals surface area contributed by atoms with Crippen molar-refractivity contribution in [3.05, 3.63) is 0 Å². The first-order valence-electron chi connectivity index (χ1n) is 3.71. The minimum absolute atomic E-state index is 0. The molecular formula is C6H14BF3KN. The molecule has 0 aromatic rings. The molecule has 0 radical (unpaired) electrons. The van der Waals surface area contributed by atoms with Gasteiger partial charge >= 0.3 is 58.4 Å². The first-order chi connectivity index (χ1) is 4.81. The van der Waals surface area contributed by atoms with Crippen LogP contribution in [0.15, 0.2) is 0 Å². The number of hydrogen-bond donors (Lipinski definition) is 1. The minimum atomic E-state index is -4.72. The van der Waals surface area contributed by atoms with E-state index in [9.17, 15) is 12.9 Å². The van der Waals surface area contributed by atoms with Crippen molar-refractivity contribution in [1.82, 2.24) is 0 Å². The van der Waals surface area contributed by atoms with Crippen LogP contribution < -0.4 is 57.1 Å².